The topological polar surface area (TPSA) is 115 Å². The van der Waals surface area contributed by atoms with Gasteiger partial charge in [0.15, 0.2) is 0 Å². The van der Waals surface area contributed by atoms with Gasteiger partial charge in [-0.25, -0.2) is 8.78 Å². The molecule has 0 aliphatic rings. The quantitative estimate of drug-likeness (QED) is 0.422. The molecule has 0 aromatic heterocycles. The van der Waals surface area contributed by atoms with Gasteiger partial charge < -0.3 is 22.3 Å². The number of hydrogen-bond donors (Lipinski definition) is 4. The molecule has 0 aliphatic carbocycles. The van der Waals surface area contributed by atoms with E-state index in [0.29, 0.717) is 0 Å². The number of carboxylic acid groups (broad SMARTS) is 1. The fraction of sp³-hybridized carbons (Fsp3) is 0.833. The molecule has 0 heterocycles. The molecule has 0 radical (unpaired) electrons. The van der Waals surface area contributed by atoms with E-state index in [0.717, 1.165) is 0 Å². The van der Waals surface area contributed by atoms with Crippen molar-refractivity contribution in [1.82, 2.24) is 0 Å². The first-order chi connectivity index (χ1) is 5.91. The highest BCUT2D eigenvalue weighted by molar-refractivity contribution is 5.74. The largest absolute Gasteiger partial charge is 0.480 e. The van der Waals surface area contributed by atoms with Crippen LogP contribution in [0.2, 0.25) is 0 Å². The van der Waals surface area contributed by atoms with Crippen LogP contribution in [-0.2, 0) is 4.79 Å². The van der Waals surface area contributed by atoms with Gasteiger partial charge in [-0.15, -0.1) is 0 Å². The Kier molecular flexibility index (Phi) is 4.74. The Balaban J connectivity index is 4.24. The van der Waals surface area contributed by atoms with Crippen molar-refractivity contribution in [3.05, 3.63) is 0 Å². The van der Waals surface area contributed by atoms with Gasteiger partial charge in [-0.3, -0.25) is 4.79 Å². The Hall–Kier alpha value is -0.790. The van der Waals surface area contributed by atoms with E-state index in [1.54, 1.807) is 0 Å². The molecule has 4 atom stereocenters. The van der Waals surface area contributed by atoms with Crippen LogP contribution in [0, 0.1) is 0 Å². The lowest BCUT2D eigenvalue weighted by atomic mass is 10.0. The van der Waals surface area contributed by atoms with Gasteiger partial charge in [-0.1, -0.05) is 0 Å². The third kappa shape index (κ3) is 3.21. The summed E-state index contributed by atoms with van der Waals surface area (Å²) >= 11 is 0. The molecule has 0 saturated heterocycles. The average Bonchev–Trinajstić information content (AvgIpc) is 2.12. The molecule has 7 N–H and O–H groups in total. The predicted molar refractivity (Wildman–Crippen MR) is 42.4 cm³/mol. The van der Waals surface area contributed by atoms with Crippen LogP contribution in [0.4, 0.5) is 8.78 Å². The minimum atomic E-state index is -2.14. The highest BCUT2D eigenvalue weighted by Crippen LogP contribution is 2.07. The first-order valence-corrected chi connectivity index (χ1v) is 3.64. The predicted octanol–water partition coefficient (Wildman–Crippen LogP) is -1.64. The second-order valence-electron chi connectivity index (χ2n) is 2.64. The van der Waals surface area contributed by atoms with Crippen molar-refractivity contribution >= 4 is 5.97 Å². The summed E-state index contributed by atoms with van der Waals surface area (Å²) in [4.78, 5) is 10.2. The molecule has 0 aromatic carbocycles. The Bertz CT molecular complexity index is 181. The zero-order valence-corrected chi connectivity index (χ0v) is 6.86. The summed E-state index contributed by atoms with van der Waals surface area (Å²) < 4.78 is 25.6. The van der Waals surface area contributed by atoms with Crippen LogP contribution in [0.5, 0.6) is 0 Å². The van der Waals surface area contributed by atoms with E-state index in [-0.39, 0.29) is 0 Å². The fourth-order valence-corrected chi connectivity index (χ4v) is 0.732. The molecule has 78 valence electrons. The maximum Gasteiger partial charge on any atom is 0.323 e. The number of aliphatic carboxylic acids is 1. The van der Waals surface area contributed by atoms with Gasteiger partial charge in [0.05, 0.1) is 6.04 Å². The molecule has 0 aromatic rings. The molecule has 0 aliphatic heterocycles. The third-order valence-corrected chi connectivity index (χ3v) is 1.64. The van der Waals surface area contributed by atoms with Gasteiger partial charge in [-0.05, 0) is 0 Å². The van der Waals surface area contributed by atoms with Gasteiger partial charge in [0.1, 0.15) is 18.4 Å². The minimum absolute atomic E-state index is 0.464. The van der Waals surface area contributed by atoms with E-state index in [1.807, 2.05) is 0 Å². The van der Waals surface area contributed by atoms with E-state index in [1.165, 1.54) is 0 Å². The monoisotopic (exact) mass is 197 g/mol. The van der Waals surface area contributed by atoms with Crippen molar-refractivity contribution in [3.63, 3.8) is 0 Å². The molecule has 0 saturated carbocycles. The number of halogens is 2. The highest BCUT2D eigenvalue weighted by atomic mass is 19.1. The standard InChI is InChI=1S/C6H13F2N3O2/c7-2(1-9)4(10)3(8)5(11)6(12)13/h2-5H,1,9-11H2,(H,12,13)/t2?,3?,4?,5-/m0/s1. The molecule has 0 bridgehead atoms. The van der Waals surface area contributed by atoms with Gasteiger partial charge in [0, 0.05) is 6.54 Å². The number of carbonyl (C=O) groups is 1. The van der Waals surface area contributed by atoms with E-state index in [2.05, 4.69) is 0 Å². The molecule has 7 heteroatoms. The zero-order valence-electron chi connectivity index (χ0n) is 6.86. The first-order valence-electron chi connectivity index (χ1n) is 3.64. The number of rotatable bonds is 5. The van der Waals surface area contributed by atoms with Crippen LogP contribution >= 0.6 is 0 Å². The Labute approximate surface area is 73.9 Å². The minimum Gasteiger partial charge on any atom is -0.480 e. The Morgan fingerprint density at radius 2 is 1.85 bits per heavy atom. The number of hydrogen-bond acceptors (Lipinski definition) is 4. The maximum atomic E-state index is 13.0. The molecule has 0 fully saturated rings. The van der Waals surface area contributed by atoms with E-state index in [4.69, 9.17) is 22.3 Å². The average molecular weight is 197 g/mol. The van der Waals surface area contributed by atoms with Crippen LogP contribution in [0.25, 0.3) is 0 Å². The smallest absolute Gasteiger partial charge is 0.323 e. The van der Waals surface area contributed by atoms with Crippen molar-refractivity contribution < 1.29 is 18.7 Å². The number of carboxylic acids is 1. The van der Waals surface area contributed by atoms with Crippen molar-refractivity contribution in [1.29, 1.82) is 0 Å². The molecular weight excluding hydrogens is 184 g/mol. The lowest BCUT2D eigenvalue weighted by molar-refractivity contribution is -0.140. The number of alkyl halides is 2. The summed E-state index contributed by atoms with van der Waals surface area (Å²) in [6.07, 6.45) is -3.93. The van der Waals surface area contributed by atoms with Crippen molar-refractivity contribution in [2.24, 2.45) is 17.2 Å². The van der Waals surface area contributed by atoms with Crippen LogP contribution < -0.4 is 17.2 Å². The Morgan fingerprint density at radius 1 is 1.38 bits per heavy atom. The summed E-state index contributed by atoms with van der Waals surface area (Å²) in [6, 6.07) is -3.42. The molecule has 5 nitrogen and oxygen atoms in total. The zero-order chi connectivity index (χ0) is 10.6. The molecule has 0 spiro atoms. The van der Waals surface area contributed by atoms with E-state index in [9.17, 15) is 13.6 Å². The van der Waals surface area contributed by atoms with Crippen LogP contribution in [0.15, 0.2) is 0 Å². The molecular formula is C6H13F2N3O2. The summed E-state index contributed by atoms with van der Waals surface area (Å²) in [5, 5.41) is 8.28. The lowest BCUT2D eigenvalue weighted by Crippen LogP contribution is -2.54. The second kappa shape index (κ2) is 5.05. The van der Waals surface area contributed by atoms with Crippen LogP contribution in [-0.4, -0.2) is 42.0 Å². The SMILES string of the molecule is NCC(F)C(N)C(F)[C@H](N)C(=O)O. The number of nitrogens with two attached hydrogens (primary N) is 3. The Morgan fingerprint density at radius 3 is 2.15 bits per heavy atom. The van der Waals surface area contributed by atoms with Gasteiger partial charge in [0.25, 0.3) is 0 Å². The lowest BCUT2D eigenvalue weighted by Gasteiger charge is -2.21. The maximum absolute atomic E-state index is 13.0. The van der Waals surface area contributed by atoms with Crippen LogP contribution in [0.1, 0.15) is 0 Å². The van der Waals surface area contributed by atoms with E-state index < -0.39 is 36.9 Å². The van der Waals surface area contributed by atoms with Crippen molar-refractivity contribution in [2.45, 2.75) is 24.4 Å². The van der Waals surface area contributed by atoms with Gasteiger partial charge in [-0.2, -0.15) is 0 Å². The van der Waals surface area contributed by atoms with Gasteiger partial charge >= 0.3 is 5.97 Å². The van der Waals surface area contributed by atoms with Gasteiger partial charge in [0.2, 0.25) is 0 Å². The summed E-state index contributed by atoms with van der Waals surface area (Å²) in [6.45, 7) is -0.464. The van der Waals surface area contributed by atoms with Crippen LogP contribution in [0.3, 0.4) is 0 Å². The second-order valence-corrected chi connectivity index (χ2v) is 2.64. The molecule has 0 rings (SSSR count). The summed E-state index contributed by atoms with van der Waals surface area (Å²) in [5.41, 5.74) is 14.8. The highest BCUT2D eigenvalue weighted by Gasteiger charge is 2.33. The molecule has 3 unspecified atom stereocenters. The summed E-state index contributed by atoms with van der Waals surface area (Å²) in [7, 11) is 0. The molecule has 0 amide bonds. The van der Waals surface area contributed by atoms with Crippen molar-refractivity contribution in [2.75, 3.05) is 6.54 Å². The third-order valence-electron chi connectivity index (χ3n) is 1.64. The van der Waals surface area contributed by atoms with Crippen molar-refractivity contribution in [3.8, 4) is 0 Å². The summed E-state index contributed by atoms with van der Waals surface area (Å²) in [5.74, 6) is -1.56. The normalized spacial score (nSPS) is 20.4. The fourth-order valence-electron chi connectivity index (χ4n) is 0.732. The first kappa shape index (κ1) is 12.2. The molecule has 13 heavy (non-hydrogen) atoms. The van der Waals surface area contributed by atoms with E-state index >= 15 is 0 Å².